The number of nitrogens with one attached hydrogen (secondary N) is 1. The monoisotopic (exact) mass is 232 g/mol. The van der Waals surface area contributed by atoms with Crippen LogP contribution < -0.4 is 5.32 Å². The van der Waals surface area contributed by atoms with E-state index in [9.17, 15) is 4.39 Å². The first-order chi connectivity index (χ1) is 8.15. The average Bonchev–Trinajstić information content (AvgIpc) is 2.32. The Labute approximate surface area is 98.9 Å². The van der Waals surface area contributed by atoms with Crippen LogP contribution in [0.5, 0.6) is 5.75 Å². The number of aromatic nitrogens is 1. The van der Waals surface area contributed by atoms with E-state index in [1.807, 2.05) is 6.92 Å². The molecule has 2 N–H and O–H groups in total. The van der Waals surface area contributed by atoms with Gasteiger partial charge in [0.2, 0.25) is 0 Å². The van der Waals surface area contributed by atoms with Crippen molar-refractivity contribution in [3.8, 4) is 5.75 Å². The van der Waals surface area contributed by atoms with Crippen LogP contribution in [0.15, 0.2) is 42.7 Å². The maximum absolute atomic E-state index is 13.0. The summed E-state index contributed by atoms with van der Waals surface area (Å²) in [5.41, 5.74) is 1.64. The molecule has 4 heteroatoms. The Bertz CT molecular complexity index is 499. The third kappa shape index (κ3) is 2.93. The number of nitrogens with zero attached hydrogens (tertiary/aromatic N) is 1. The van der Waals surface area contributed by atoms with Gasteiger partial charge in [0.1, 0.15) is 11.6 Å². The molecule has 17 heavy (non-hydrogen) atoms. The van der Waals surface area contributed by atoms with Gasteiger partial charge in [-0.05, 0) is 42.8 Å². The summed E-state index contributed by atoms with van der Waals surface area (Å²) in [6, 6.07) is 8.11. The molecule has 0 spiro atoms. The highest BCUT2D eigenvalue weighted by atomic mass is 19.1. The molecular weight excluding hydrogens is 219 g/mol. The summed E-state index contributed by atoms with van der Waals surface area (Å²) in [6.45, 7) is 1.92. The molecule has 0 saturated heterocycles. The highest BCUT2D eigenvalue weighted by Crippen LogP contribution is 2.20. The highest BCUT2D eigenvalue weighted by Gasteiger charge is 2.06. The van der Waals surface area contributed by atoms with E-state index >= 15 is 0 Å². The van der Waals surface area contributed by atoms with E-state index < -0.39 is 0 Å². The molecule has 1 aromatic heterocycles. The number of rotatable bonds is 3. The molecule has 0 bridgehead atoms. The zero-order chi connectivity index (χ0) is 12.3. The lowest BCUT2D eigenvalue weighted by Crippen LogP contribution is -2.07. The largest absolute Gasteiger partial charge is 0.508 e. The van der Waals surface area contributed by atoms with Gasteiger partial charge in [-0.15, -0.1) is 0 Å². The van der Waals surface area contributed by atoms with Gasteiger partial charge in [-0.2, -0.15) is 0 Å². The summed E-state index contributed by atoms with van der Waals surface area (Å²) in [5.74, 6) is -0.127. The molecule has 0 radical (unpaired) electrons. The zero-order valence-corrected chi connectivity index (χ0v) is 9.39. The number of anilines is 1. The molecule has 1 unspecified atom stereocenters. The Balaban J connectivity index is 2.11. The quantitative estimate of drug-likeness (QED) is 0.799. The third-order valence-electron chi connectivity index (χ3n) is 2.48. The van der Waals surface area contributed by atoms with Crippen LogP contribution in [0.3, 0.4) is 0 Å². The number of phenols is 1. The Hall–Kier alpha value is -2.10. The molecule has 0 amide bonds. The van der Waals surface area contributed by atoms with Crippen LogP contribution in [0, 0.1) is 5.82 Å². The second-order valence-electron chi connectivity index (χ2n) is 3.85. The fourth-order valence-corrected chi connectivity index (χ4v) is 1.56. The van der Waals surface area contributed by atoms with Gasteiger partial charge >= 0.3 is 0 Å². The molecule has 0 aliphatic carbocycles. The zero-order valence-electron chi connectivity index (χ0n) is 9.39. The first-order valence-electron chi connectivity index (χ1n) is 5.31. The minimum atomic E-state index is -0.346. The molecule has 0 aliphatic heterocycles. The first-order valence-corrected chi connectivity index (χ1v) is 5.31. The third-order valence-corrected chi connectivity index (χ3v) is 2.48. The summed E-state index contributed by atoms with van der Waals surface area (Å²) in [4.78, 5) is 3.81. The minimum Gasteiger partial charge on any atom is -0.508 e. The van der Waals surface area contributed by atoms with E-state index in [4.69, 9.17) is 5.11 Å². The Morgan fingerprint density at radius 1 is 1.24 bits per heavy atom. The summed E-state index contributed by atoms with van der Waals surface area (Å²) < 4.78 is 13.0. The maximum atomic E-state index is 13.0. The second kappa shape index (κ2) is 4.82. The normalized spacial score (nSPS) is 12.1. The Kier molecular flexibility index (Phi) is 3.23. The number of phenolic OH excluding ortho intramolecular Hbond substituents is 1. The van der Waals surface area contributed by atoms with Crippen molar-refractivity contribution in [1.82, 2.24) is 4.98 Å². The van der Waals surface area contributed by atoms with Crippen LogP contribution in [0.1, 0.15) is 18.5 Å². The number of hydrogen-bond donors (Lipinski definition) is 2. The van der Waals surface area contributed by atoms with Crippen molar-refractivity contribution in [2.75, 3.05) is 5.32 Å². The van der Waals surface area contributed by atoms with Crippen LogP contribution in [-0.4, -0.2) is 10.1 Å². The SMILES string of the molecule is CC(Nc1ccc(O)cc1)c1cncc(F)c1. The summed E-state index contributed by atoms with van der Waals surface area (Å²) in [5, 5.41) is 12.4. The molecule has 2 rings (SSSR count). The number of halogens is 1. The van der Waals surface area contributed by atoms with Gasteiger partial charge in [0, 0.05) is 11.9 Å². The molecule has 1 heterocycles. The van der Waals surface area contributed by atoms with Gasteiger partial charge < -0.3 is 10.4 Å². The van der Waals surface area contributed by atoms with Crippen molar-refractivity contribution in [1.29, 1.82) is 0 Å². The van der Waals surface area contributed by atoms with Crippen LogP contribution in [0.4, 0.5) is 10.1 Å². The van der Waals surface area contributed by atoms with E-state index in [-0.39, 0.29) is 17.6 Å². The maximum Gasteiger partial charge on any atom is 0.141 e. The fourth-order valence-electron chi connectivity index (χ4n) is 1.56. The fraction of sp³-hybridized carbons (Fsp3) is 0.154. The highest BCUT2D eigenvalue weighted by molar-refractivity contribution is 5.47. The van der Waals surface area contributed by atoms with E-state index in [0.29, 0.717) is 0 Å². The standard InChI is InChI=1S/C13H13FN2O/c1-9(10-6-11(14)8-15-7-10)16-12-2-4-13(17)5-3-12/h2-9,16-17H,1H3. The second-order valence-corrected chi connectivity index (χ2v) is 3.85. The number of benzene rings is 1. The van der Waals surface area contributed by atoms with E-state index in [2.05, 4.69) is 10.3 Å². The Morgan fingerprint density at radius 3 is 2.59 bits per heavy atom. The van der Waals surface area contributed by atoms with E-state index in [1.54, 1.807) is 30.5 Å². The van der Waals surface area contributed by atoms with Gasteiger partial charge in [-0.25, -0.2) is 4.39 Å². The van der Waals surface area contributed by atoms with Crippen molar-refractivity contribution in [3.05, 3.63) is 54.1 Å². The lowest BCUT2D eigenvalue weighted by molar-refractivity contribution is 0.475. The minimum absolute atomic E-state index is 0.0530. The van der Waals surface area contributed by atoms with Crippen molar-refractivity contribution in [2.24, 2.45) is 0 Å². The van der Waals surface area contributed by atoms with Crippen molar-refractivity contribution < 1.29 is 9.50 Å². The van der Waals surface area contributed by atoms with Crippen molar-refractivity contribution >= 4 is 5.69 Å². The average molecular weight is 232 g/mol. The number of pyridine rings is 1. The smallest absolute Gasteiger partial charge is 0.141 e. The van der Waals surface area contributed by atoms with Gasteiger partial charge in [0.15, 0.2) is 0 Å². The predicted octanol–water partition coefficient (Wildman–Crippen LogP) is 3.10. The van der Waals surface area contributed by atoms with Gasteiger partial charge in [-0.3, -0.25) is 4.98 Å². The van der Waals surface area contributed by atoms with Gasteiger partial charge in [0.25, 0.3) is 0 Å². The molecule has 0 aliphatic rings. The van der Waals surface area contributed by atoms with Gasteiger partial charge in [0.05, 0.1) is 12.2 Å². The lowest BCUT2D eigenvalue weighted by atomic mass is 10.1. The summed E-state index contributed by atoms with van der Waals surface area (Å²) in [6.07, 6.45) is 2.80. The predicted molar refractivity (Wildman–Crippen MR) is 64.3 cm³/mol. The molecule has 88 valence electrons. The van der Waals surface area contributed by atoms with Crippen LogP contribution in [-0.2, 0) is 0 Å². The molecule has 3 nitrogen and oxygen atoms in total. The summed E-state index contributed by atoms with van der Waals surface area (Å²) >= 11 is 0. The van der Waals surface area contributed by atoms with E-state index in [0.717, 1.165) is 11.3 Å². The van der Waals surface area contributed by atoms with Crippen molar-refractivity contribution in [2.45, 2.75) is 13.0 Å². The Morgan fingerprint density at radius 2 is 1.94 bits per heavy atom. The van der Waals surface area contributed by atoms with Crippen molar-refractivity contribution in [3.63, 3.8) is 0 Å². The summed E-state index contributed by atoms with van der Waals surface area (Å²) in [7, 11) is 0. The van der Waals surface area contributed by atoms with Crippen LogP contribution >= 0.6 is 0 Å². The number of hydrogen-bond acceptors (Lipinski definition) is 3. The molecular formula is C13H13FN2O. The number of aromatic hydroxyl groups is 1. The van der Waals surface area contributed by atoms with Crippen LogP contribution in [0.2, 0.25) is 0 Å². The molecule has 1 aromatic carbocycles. The molecule has 2 aromatic rings. The van der Waals surface area contributed by atoms with Gasteiger partial charge in [-0.1, -0.05) is 0 Å². The lowest BCUT2D eigenvalue weighted by Gasteiger charge is -2.15. The van der Waals surface area contributed by atoms with Crippen LogP contribution in [0.25, 0.3) is 0 Å². The van der Waals surface area contributed by atoms with E-state index in [1.165, 1.54) is 12.3 Å². The molecule has 1 atom stereocenters. The molecule has 0 fully saturated rings. The molecule has 0 saturated carbocycles. The first kappa shape index (κ1) is 11.4. The topological polar surface area (TPSA) is 45.1 Å².